The van der Waals surface area contributed by atoms with E-state index in [9.17, 15) is 14.4 Å². The molecule has 3 amide bonds. The molecule has 0 fully saturated rings. The van der Waals surface area contributed by atoms with Gasteiger partial charge in [-0.2, -0.15) is 0 Å². The Morgan fingerprint density at radius 3 is 2.41 bits per heavy atom. The molecular formula is C23H32N4O4S. The molecule has 1 aromatic heterocycles. The normalized spacial score (nSPS) is 12.2. The molecule has 1 heterocycles. The molecule has 2 aromatic rings. The Labute approximate surface area is 193 Å². The van der Waals surface area contributed by atoms with Crippen LogP contribution in [0.3, 0.4) is 0 Å². The van der Waals surface area contributed by atoms with Crippen molar-refractivity contribution in [2.45, 2.75) is 52.1 Å². The first-order valence-electron chi connectivity index (χ1n) is 10.5. The lowest BCUT2D eigenvalue weighted by atomic mass is 10.00. The number of carbonyl (C=O) groups is 3. The predicted molar refractivity (Wildman–Crippen MR) is 125 cm³/mol. The van der Waals surface area contributed by atoms with Gasteiger partial charge in [-0.15, -0.1) is 11.3 Å². The number of benzene rings is 1. The smallest absolute Gasteiger partial charge is 0.247 e. The first kappa shape index (κ1) is 25.5. The molecule has 0 aliphatic rings. The van der Waals surface area contributed by atoms with Gasteiger partial charge >= 0.3 is 0 Å². The number of rotatable bonds is 10. The van der Waals surface area contributed by atoms with Crippen molar-refractivity contribution >= 4 is 34.2 Å². The summed E-state index contributed by atoms with van der Waals surface area (Å²) in [6.45, 7) is 8.12. The molecule has 0 saturated heterocycles. The first-order valence-corrected chi connectivity index (χ1v) is 11.3. The van der Waals surface area contributed by atoms with Crippen LogP contribution in [0.4, 0.5) is 5.13 Å². The molecule has 0 aliphatic carbocycles. The van der Waals surface area contributed by atoms with Crippen LogP contribution in [-0.2, 0) is 19.1 Å². The zero-order chi connectivity index (χ0) is 23.7. The summed E-state index contributed by atoms with van der Waals surface area (Å²) in [7, 11) is 1.54. The van der Waals surface area contributed by atoms with E-state index >= 15 is 0 Å². The Morgan fingerprint density at radius 1 is 1.16 bits per heavy atom. The van der Waals surface area contributed by atoms with E-state index in [0.717, 1.165) is 5.56 Å². The van der Waals surface area contributed by atoms with Crippen LogP contribution >= 0.6 is 11.3 Å². The average molecular weight is 461 g/mol. The molecule has 0 aliphatic heterocycles. The van der Waals surface area contributed by atoms with Gasteiger partial charge in [0, 0.05) is 43.6 Å². The van der Waals surface area contributed by atoms with Crippen LogP contribution in [0, 0.1) is 6.92 Å². The zero-order valence-electron chi connectivity index (χ0n) is 19.3. The number of anilines is 1. The number of aromatic nitrogens is 1. The number of ether oxygens (including phenoxy) is 1. The number of amides is 3. The number of hydrogen-bond donors (Lipinski definition) is 2. The second-order valence-corrected chi connectivity index (χ2v) is 9.41. The molecule has 0 unspecified atom stereocenters. The minimum atomic E-state index is -0.834. The van der Waals surface area contributed by atoms with Crippen LogP contribution in [0.5, 0.6) is 0 Å². The van der Waals surface area contributed by atoms with Gasteiger partial charge in [-0.3, -0.25) is 14.4 Å². The summed E-state index contributed by atoms with van der Waals surface area (Å²) < 4.78 is 5.19. The van der Waals surface area contributed by atoms with Gasteiger partial charge in [0.05, 0.1) is 6.61 Å². The fraction of sp³-hybridized carbons (Fsp3) is 0.478. The highest BCUT2D eigenvalue weighted by Crippen LogP contribution is 2.24. The standard InChI is InChI=1S/C23H32N4O4S/c1-16-6-8-17(9-7-16)20(21(30)26-23(2,3)4)27(13-14-31-5)19(29)11-10-18(28)25-22-24-12-15-32-22/h6-9,12,15,20H,10-11,13-14H2,1-5H3,(H,26,30)(H,24,25,28)/t20-/m0/s1. The molecule has 2 N–H and O–H groups in total. The summed E-state index contributed by atoms with van der Waals surface area (Å²) in [6.07, 6.45) is 1.55. The zero-order valence-corrected chi connectivity index (χ0v) is 20.1. The summed E-state index contributed by atoms with van der Waals surface area (Å²) in [5.74, 6) is -0.880. The Balaban J connectivity index is 2.23. The molecule has 2 rings (SSSR count). The van der Waals surface area contributed by atoms with E-state index in [2.05, 4.69) is 15.6 Å². The van der Waals surface area contributed by atoms with Crippen molar-refractivity contribution in [1.82, 2.24) is 15.2 Å². The molecule has 8 nitrogen and oxygen atoms in total. The second kappa shape index (κ2) is 11.7. The minimum Gasteiger partial charge on any atom is -0.383 e. The minimum absolute atomic E-state index is 0.0105. The van der Waals surface area contributed by atoms with Crippen LogP contribution in [0.15, 0.2) is 35.8 Å². The van der Waals surface area contributed by atoms with Crippen LogP contribution in [0.2, 0.25) is 0 Å². The third kappa shape index (κ3) is 8.05. The largest absolute Gasteiger partial charge is 0.383 e. The molecule has 0 spiro atoms. The van der Waals surface area contributed by atoms with E-state index < -0.39 is 11.6 Å². The summed E-state index contributed by atoms with van der Waals surface area (Å²) in [5.41, 5.74) is 1.29. The molecule has 32 heavy (non-hydrogen) atoms. The lowest BCUT2D eigenvalue weighted by Crippen LogP contribution is -2.50. The second-order valence-electron chi connectivity index (χ2n) is 8.52. The molecule has 1 atom stereocenters. The number of methoxy groups -OCH3 is 1. The van der Waals surface area contributed by atoms with Crippen molar-refractivity contribution < 1.29 is 19.1 Å². The highest BCUT2D eigenvalue weighted by atomic mass is 32.1. The van der Waals surface area contributed by atoms with Gasteiger partial charge in [0.15, 0.2) is 5.13 Å². The van der Waals surface area contributed by atoms with E-state index in [1.165, 1.54) is 16.2 Å². The topological polar surface area (TPSA) is 101 Å². The number of thiazole rings is 1. The number of nitrogens with zero attached hydrogens (tertiary/aromatic N) is 2. The van der Waals surface area contributed by atoms with Crippen molar-refractivity contribution in [3.63, 3.8) is 0 Å². The molecule has 0 saturated carbocycles. The van der Waals surface area contributed by atoms with Gasteiger partial charge in [-0.25, -0.2) is 4.98 Å². The molecule has 1 aromatic carbocycles. The number of hydrogen-bond acceptors (Lipinski definition) is 6. The number of carbonyl (C=O) groups excluding carboxylic acids is 3. The maximum absolute atomic E-state index is 13.3. The Hall–Kier alpha value is -2.78. The summed E-state index contributed by atoms with van der Waals surface area (Å²) >= 11 is 1.31. The van der Waals surface area contributed by atoms with E-state index in [1.54, 1.807) is 18.7 Å². The molecular weight excluding hydrogens is 428 g/mol. The monoisotopic (exact) mass is 460 g/mol. The van der Waals surface area contributed by atoms with Gasteiger partial charge in [-0.05, 0) is 33.3 Å². The van der Waals surface area contributed by atoms with Crippen molar-refractivity contribution in [3.8, 4) is 0 Å². The lowest BCUT2D eigenvalue weighted by molar-refractivity contribution is -0.142. The first-order chi connectivity index (χ1) is 15.1. The van der Waals surface area contributed by atoms with Crippen LogP contribution < -0.4 is 10.6 Å². The Morgan fingerprint density at radius 2 is 1.84 bits per heavy atom. The SMILES string of the molecule is COCCN(C(=O)CCC(=O)Nc1nccs1)[C@H](C(=O)NC(C)(C)C)c1ccc(C)cc1. The van der Waals surface area contributed by atoms with Gasteiger partial charge in [0.1, 0.15) is 6.04 Å². The van der Waals surface area contributed by atoms with E-state index in [-0.39, 0.29) is 43.7 Å². The van der Waals surface area contributed by atoms with Crippen molar-refractivity contribution in [1.29, 1.82) is 0 Å². The molecule has 0 bridgehead atoms. The van der Waals surface area contributed by atoms with E-state index in [0.29, 0.717) is 10.7 Å². The van der Waals surface area contributed by atoms with Crippen LogP contribution in [-0.4, -0.2) is 53.4 Å². The average Bonchev–Trinajstić information content (AvgIpc) is 3.22. The number of nitrogens with one attached hydrogen (secondary N) is 2. The fourth-order valence-electron chi connectivity index (χ4n) is 3.08. The maximum Gasteiger partial charge on any atom is 0.247 e. The highest BCUT2D eigenvalue weighted by Gasteiger charge is 2.33. The van der Waals surface area contributed by atoms with Crippen LogP contribution in [0.25, 0.3) is 0 Å². The third-order valence-electron chi connectivity index (χ3n) is 4.55. The lowest BCUT2D eigenvalue weighted by Gasteiger charge is -2.33. The highest BCUT2D eigenvalue weighted by molar-refractivity contribution is 7.13. The van der Waals surface area contributed by atoms with E-state index in [1.807, 2.05) is 52.0 Å². The third-order valence-corrected chi connectivity index (χ3v) is 5.24. The van der Waals surface area contributed by atoms with Crippen molar-refractivity contribution in [2.75, 3.05) is 25.6 Å². The molecule has 174 valence electrons. The quantitative estimate of drug-likeness (QED) is 0.567. The van der Waals surface area contributed by atoms with Crippen LogP contribution in [0.1, 0.15) is 50.8 Å². The van der Waals surface area contributed by atoms with Gasteiger partial charge < -0.3 is 20.3 Å². The summed E-state index contributed by atoms with van der Waals surface area (Å²) in [5, 5.41) is 7.90. The number of aryl methyl sites for hydroxylation is 1. The van der Waals surface area contributed by atoms with E-state index in [4.69, 9.17) is 4.74 Å². The fourth-order valence-corrected chi connectivity index (χ4v) is 3.62. The Bertz CT molecular complexity index is 892. The predicted octanol–water partition coefficient (Wildman–Crippen LogP) is 3.30. The summed E-state index contributed by atoms with van der Waals surface area (Å²) in [4.78, 5) is 44.2. The maximum atomic E-state index is 13.3. The van der Waals surface area contributed by atoms with Gasteiger partial charge in [0.2, 0.25) is 17.7 Å². The van der Waals surface area contributed by atoms with Crippen molar-refractivity contribution in [3.05, 3.63) is 47.0 Å². The van der Waals surface area contributed by atoms with Crippen molar-refractivity contribution in [2.24, 2.45) is 0 Å². The molecule has 9 heteroatoms. The summed E-state index contributed by atoms with van der Waals surface area (Å²) in [6, 6.07) is 6.69. The van der Waals surface area contributed by atoms with Gasteiger partial charge in [0.25, 0.3) is 0 Å². The Kier molecular flexibility index (Phi) is 9.34. The van der Waals surface area contributed by atoms with Gasteiger partial charge in [-0.1, -0.05) is 29.8 Å². The molecule has 0 radical (unpaired) electrons.